The number of nitrogen functional groups attached to an aromatic ring is 1. The Bertz CT molecular complexity index is 611. The lowest BCUT2D eigenvalue weighted by Gasteiger charge is -2.18. The molecule has 0 saturated heterocycles. The Morgan fingerprint density at radius 3 is 2.48 bits per heavy atom. The predicted molar refractivity (Wildman–Crippen MR) is 84.8 cm³/mol. The topological polar surface area (TPSA) is 89.3 Å². The number of hydrogen-bond donors (Lipinski definition) is 2. The molecule has 0 aromatic heterocycles. The van der Waals surface area contributed by atoms with Gasteiger partial charge in [-0.25, -0.2) is 8.42 Å². The van der Waals surface area contributed by atoms with Gasteiger partial charge in [0.2, 0.25) is 5.91 Å². The first-order chi connectivity index (χ1) is 9.70. The molecule has 2 unspecified atom stereocenters. The summed E-state index contributed by atoms with van der Waals surface area (Å²) >= 11 is 0. The number of nitrogens with one attached hydrogen (secondary N) is 1. The van der Waals surface area contributed by atoms with Gasteiger partial charge in [-0.05, 0) is 44.9 Å². The summed E-state index contributed by atoms with van der Waals surface area (Å²) in [5.41, 5.74) is 6.84. The largest absolute Gasteiger partial charge is 0.398 e. The van der Waals surface area contributed by atoms with E-state index >= 15 is 0 Å². The minimum Gasteiger partial charge on any atom is -0.398 e. The van der Waals surface area contributed by atoms with Gasteiger partial charge in [-0.3, -0.25) is 4.79 Å². The SMILES string of the molecule is CCCC(C)NC(=O)C(C)S(=O)(=O)c1ccc(C)cc1N. The van der Waals surface area contributed by atoms with Gasteiger partial charge in [-0.1, -0.05) is 19.4 Å². The van der Waals surface area contributed by atoms with E-state index in [0.717, 1.165) is 18.4 Å². The monoisotopic (exact) mass is 312 g/mol. The Balaban J connectivity index is 2.99. The molecule has 1 rings (SSSR count). The van der Waals surface area contributed by atoms with Crippen molar-refractivity contribution in [2.24, 2.45) is 0 Å². The van der Waals surface area contributed by atoms with E-state index in [1.54, 1.807) is 12.1 Å². The first-order valence-corrected chi connectivity index (χ1v) is 8.65. The van der Waals surface area contributed by atoms with Crippen LogP contribution >= 0.6 is 0 Å². The normalized spacial score (nSPS) is 14.5. The Labute approximate surface area is 126 Å². The highest BCUT2D eigenvalue weighted by Gasteiger charge is 2.31. The van der Waals surface area contributed by atoms with E-state index in [9.17, 15) is 13.2 Å². The lowest BCUT2D eigenvalue weighted by Crippen LogP contribution is -2.42. The molecule has 1 aromatic carbocycles. The Kier molecular flexibility index (Phi) is 5.78. The fourth-order valence-electron chi connectivity index (χ4n) is 2.12. The molecule has 0 aliphatic carbocycles. The molecule has 1 aromatic rings. The number of carbonyl (C=O) groups excluding carboxylic acids is 1. The summed E-state index contributed by atoms with van der Waals surface area (Å²) in [6, 6.07) is 4.68. The van der Waals surface area contributed by atoms with E-state index in [-0.39, 0.29) is 16.6 Å². The molecule has 0 aliphatic heterocycles. The van der Waals surface area contributed by atoms with Crippen molar-refractivity contribution in [3.63, 3.8) is 0 Å². The van der Waals surface area contributed by atoms with Crippen molar-refractivity contribution in [1.82, 2.24) is 5.32 Å². The average molecular weight is 312 g/mol. The van der Waals surface area contributed by atoms with Gasteiger partial charge >= 0.3 is 0 Å². The van der Waals surface area contributed by atoms with Crippen LogP contribution in [0.15, 0.2) is 23.1 Å². The van der Waals surface area contributed by atoms with Crippen LogP contribution in [0.4, 0.5) is 5.69 Å². The van der Waals surface area contributed by atoms with Crippen LogP contribution < -0.4 is 11.1 Å². The number of rotatable bonds is 6. The summed E-state index contributed by atoms with van der Waals surface area (Å²) in [4.78, 5) is 12.1. The van der Waals surface area contributed by atoms with Gasteiger partial charge in [-0.2, -0.15) is 0 Å². The summed E-state index contributed by atoms with van der Waals surface area (Å²) in [5.74, 6) is -0.490. The van der Waals surface area contributed by atoms with E-state index in [0.29, 0.717) is 0 Å². The zero-order valence-electron chi connectivity index (χ0n) is 13.0. The molecule has 0 bridgehead atoms. The van der Waals surface area contributed by atoms with Crippen LogP contribution in [-0.4, -0.2) is 25.6 Å². The molecule has 0 heterocycles. The molecule has 0 spiro atoms. The van der Waals surface area contributed by atoms with Gasteiger partial charge in [0.05, 0.1) is 10.6 Å². The quantitative estimate of drug-likeness (QED) is 0.787. The summed E-state index contributed by atoms with van der Waals surface area (Å²) in [7, 11) is -3.78. The fourth-order valence-corrected chi connectivity index (χ4v) is 3.50. The van der Waals surface area contributed by atoms with Crippen LogP contribution in [0, 0.1) is 6.92 Å². The molecular formula is C15H24N2O3S. The van der Waals surface area contributed by atoms with Crippen molar-refractivity contribution in [3.05, 3.63) is 23.8 Å². The molecule has 0 saturated carbocycles. The van der Waals surface area contributed by atoms with E-state index in [2.05, 4.69) is 5.32 Å². The Hall–Kier alpha value is -1.56. The zero-order chi connectivity index (χ0) is 16.2. The molecule has 3 N–H and O–H groups in total. The summed E-state index contributed by atoms with van der Waals surface area (Å²) in [6.45, 7) is 7.09. The number of carbonyl (C=O) groups is 1. The summed E-state index contributed by atoms with van der Waals surface area (Å²) in [5, 5.41) is 1.56. The maximum absolute atomic E-state index is 12.5. The minimum absolute atomic E-state index is 0.0129. The molecule has 5 nitrogen and oxygen atoms in total. The first kappa shape index (κ1) is 17.5. The molecule has 0 aliphatic rings. The van der Waals surface area contributed by atoms with Crippen molar-refractivity contribution < 1.29 is 13.2 Å². The molecule has 0 radical (unpaired) electrons. The van der Waals surface area contributed by atoms with Gasteiger partial charge in [0.25, 0.3) is 0 Å². The third kappa shape index (κ3) is 4.20. The molecule has 6 heteroatoms. The average Bonchev–Trinajstić information content (AvgIpc) is 2.37. The van der Waals surface area contributed by atoms with Crippen molar-refractivity contribution in [1.29, 1.82) is 0 Å². The number of nitrogens with two attached hydrogens (primary N) is 1. The second kappa shape index (κ2) is 6.93. The van der Waals surface area contributed by atoms with Crippen LogP contribution in [0.2, 0.25) is 0 Å². The molecule has 21 heavy (non-hydrogen) atoms. The highest BCUT2D eigenvalue weighted by Crippen LogP contribution is 2.24. The maximum atomic E-state index is 12.5. The number of anilines is 1. The van der Waals surface area contributed by atoms with Gasteiger partial charge in [-0.15, -0.1) is 0 Å². The Morgan fingerprint density at radius 2 is 1.95 bits per heavy atom. The highest BCUT2D eigenvalue weighted by molar-refractivity contribution is 7.93. The Morgan fingerprint density at radius 1 is 1.33 bits per heavy atom. The van der Waals surface area contributed by atoms with Crippen molar-refractivity contribution in [2.75, 3.05) is 5.73 Å². The highest BCUT2D eigenvalue weighted by atomic mass is 32.2. The van der Waals surface area contributed by atoms with E-state index < -0.39 is 21.0 Å². The van der Waals surface area contributed by atoms with Crippen LogP contribution in [0.5, 0.6) is 0 Å². The van der Waals surface area contributed by atoms with Gasteiger partial charge < -0.3 is 11.1 Å². The molecule has 118 valence electrons. The van der Waals surface area contributed by atoms with Crippen molar-refractivity contribution in [2.45, 2.75) is 56.7 Å². The van der Waals surface area contributed by atoms with Gasteiger partial charge in [0.1, 0.15) is 5.25 Å². The van der Waals surface area contributed by atoms with Crippen molar-refractivity contribution >= 4 is 21.4 Å². The second-order valence-corrected chi connectivity index (χ2v) is 7.66. The van der Waals surface area contributed by atoms with Gasteiger partial charge in [0, 0.05) is 6.04 Å². The predicted octanol–water partition coefficient (Wildman–Crippen LogP) is 2.04. The summed E-state index contributed by atoms with van der Waals surface area (Å²) in [6.07, 6.45) is 1.73. The smallest absolute Gasteiger partial charge is 0.238 e. The molecular weight excluding hydrogens is 288 g/mol. The van der Waals surface area contributed by atoms with Crippen LogP contribution in [0.1, 0.15) is 39.2 Å². The lowest BCUT2D eigenvalue weighted by atomic mass is 10.2. The fraction of sp³-hybridized carbons (Fsp3) is 0.533. The number of benzene rings is 1. The van der Waals surface area contributed by atoms with Crippen LogP contribution in [0.3, 0.4) is 0 Å². The third-order valence-electron chi connectivity index (χ3n) is 3.42. The second-order valence-electron chi connectivity index (χ2n) is 5.43. The number of hydrogen-bond acceptors (Lipinski definition) is 4. The minimum atomic E-state index is -3.78. The van der Waals surface area contributed by atoms with E-state index in [4.69, 9.17) is 5.73 Å². The molecule has 0 fully saturated rings. The maximum Gasteiger partial charge on any atom is 0.238 e. The summed E-state index contributed by atoms with van der Waals surface area (Å²) < 4.78 is 25.0. The zero-order valence-corrected chi connectivity index (χ0v) is 13.8. The van der Waals surface area contributed by atoms with Gasteiger partial charge in [0.15, 0.2) is 9.84 Å². The number of aryl methyl sites for hydroxylation is 1. The van der Waals surface area contributed by atoms with E-state index in [1.807, 2.05) is 20.8 Å². The first-order valence-electron chi connectivity index (χ1n) is 7.10. The number of sulfone groups is 1. The number of amides is 1. The van der Waals surface area contributed by atoms with Crippen LogP contribution in [0.25, 0.3) is 0 Å². The molecule has 1 amide bonds. The van der Waals surface area contributed by atoms with Crippen molar-refractivity contribution in [3.8, 4) is 0 Å². The lowest BCUT2D eigenvalue weighted by molar-refractivity contribution is -0.121. The standard InChI is InChI=1S/C15H24N2O3S/c1-5-6-11(3)17-15(18)12(4)21(19,20)14-8-7-10(2)9-13(14)16/h7-9,11-12H,5-6,16H2,1-4H3,(H,17,18). The third-order valence-corrected chi connectivity index (χ3v) is 5.55. The van der Waals surface area contributed by atoms with Crippen LogP contribution in [-0.2, 0) is 14.6 Å². The van der Waals surface area contributed by atoms with E-state index in [1.165, 1.54) is 13.0 Å². The molecule has 2 atom stereocenters.